The van der Waals surface area contributed by atoms with Gasteiger partial charge in [-0.3, -0.25) is 14.4 Å². The number of carbonyl (C=O) groups excluding carboxylic acids is 3. The monoisotopic (exact) mass is 416 g/mol. The highest BCUT2D eigenvalue weighted by atomic mass is 35.5. The van der Waals surface area contributed by atoms with Gasteiger partial charge >= 0.3 is 5.97 Å². The Hall–Kier alpha value is -1.42. The van der Waals surface area contributed by atoms with Gasteiger partial charge in [-0.05, 0) is 72.8 Å². The van der Waals surface area contributed by atoms with Crippen molar-refractivity contribution in [1.82, 2.24) is 0 Å². The Morgan fingerprint density at radius 3 is 2.66 bits per heavy atom. The van der Waals surface area contributed by atoms with Crippen LogP contribution in [0.4, 0.5) is 0 Å². The first-order valence-corrected chi connectivity index (χ1v) is 11.4. The van der Waals surface area contributed by atoms with Crippen molar-refractivity contribution in [1.29, 1.82) is 0 Å². The molecule has 0 spiro atoms. The molecule has 5 heteroatoms. The highest BCUT2D eigenvalue weighted by Crippen LogP contribution is 2.71. The molecule has 1 unspecified atom stereocenters. The first kappa shape index (κ1) is 19.5. The van der Waals surface area contributed by atoms with Crippen LogP contribution in [-0.4, -0.2) is 24.1 Å². The molecular formula is C24H29ClO4. The van der Waals surface area contributed by atoms with E-state index in [1.807, 2.05) is 6.08 Å². The normalized spacial score (nSPS) is 47.1. The summed E-state index contributed by atoms with van der Waals surface area (Å²) in [7, 11) is 0. The van der Waals surface area contributed by atoms with E-state index in [0.29, 0.717) is 23.7 Å². The van der Waals surface area contributed by atoms with Crippen LogP contribution in [-0.2, 0) is 19.1 Å². The molecule has 0 N–H and O–H groups in total. The Labute approximate surface area is 177 Å². The summed E-state index contributed by atoms with van der Waals surface area (Å²) in [4.78, 5) is 36.4. The first-order valence-electron chi connectivity index (χ1n) is 11.0. The van der Waals surface area contributed by atoms with E-state index < -0.39 is 5.97 Å². The van der Waals surface area contributed by atoms with Crippen molar-refractivity contribution in [2.24, 2.45) is 46.3 Å². The van der Waals surface area contributed by atoms with Gasteiger partial charge < -0.3 is 4.74 Å². The van der Waals surface area contributed by atoms with Gasteiger partial charge in [-0.1, -0.05) is 31.5 Å². The van der Waals surface area contributed by atoms with Crippen molar-refractivity contribution in [2.45, 2.75) is 52.9 Å². The number of carbonyl (C=O) groups is 3. The molecule has 0 radical (unpaired) electrons. The van der Waals surface area contributed by atoms with Gasteiger partial charge in [-0.25, -0.2) is 0 Å². The molecule has 5 aliphatic carbocycles. The highest BCUT2D eigenvalue weighted by molar-refractivity contribution is 6.32. The van der Waals surface area contributed by atoms with E-state index in [1.54, 1.807) is 0 Å². The number of Topliss-reactive ketones (excluding diaryl/α,β-unsaturated/α-hetero) is 1. The minimum absolute atomic E-state index is 0.0176. The number of allylic oxidation sites excluding steroid dienone is 4. The van der Waals surface area contributed by atoms with Gasteiger partial charge in [0.1, 0.15) is 6.61 Å². The maximum Gasteiger partial charge on any atom is 0.303 e. The molecule has 0 aromatic heterocycles. The van der Waals surface area contributed by atoms with Crippen molar-refractivity contribution >= 4 is 29.1 Å². The third kappa shape index (κ3) is 2.60. The van der Waals surface area contributed by atoms with Crippen LogP contribution in [0.3, 0.4) is 0 Å². The standard InChI is InChI=1S/C24H29ClO4/c1-12(26)29-11-22(28)17-5-4-15-13-9-20(25)19-10-21(27)14-8-18(14)24(19,3)16(13)6-7-23(15,17)2/h9-10,13-18H,4-8,11H2,1-3H3/t13-,14+,15-,16-,17+,18?,23-,24-/m0/s1. The van der Waals surface area contributed by atoms with Gasteiger partial charge in [-0.2, -0.15) is 0 Å². The van der Waals surface area contributed by atoms with E-state index in [4.69, 9.17) is 16.3 Å². The number of halogens is 1. The van der Waals surface area contributed by atoms with E-state index in [-0.39, 0.29) is 40.8 Å². The predicted octanol–water partition coefficient (Wildman–Crippen LogP) is 4.47. The molecule has 0 amide bonds. The Kier molecular flexibility index (Phi) is 4.24. The second-order valence-corrected chi connectivity index (χ2v) is 10.8. The van der Waals surface area contributed by atoms with Gasteiger partial charge in [-0.15, -0.1) is 0 Å². The summed E-state index contributed by atoms with van der Waals surface area (Å²) in [5.41, 5.74) is 0.973. The molecule has 0 bridgehead atoms. The fourth-order valence-corrected chi connectivity index (χ4v) is 8.17. The zero-order valence-electron chi connectivity index (χ0n) is 17.4. The molecule has 3 fully saturated rings. The zero-order chi connectivity index (χ0) is 20.7. The van der Waals surface area contributed by atoms with Crippen molar-refractivity contribution in [3.05, 3.63) is 22.8 Å². The van der Waals surface area contributed by atoms with Gasteiger partial charge in [0.25, 0.3) is 0 Å². The zero-order valence-corrected chi connectivity index (χ0v) is 18.1. The molecule has 0 heterocycles. The maximum atomic E-state index is 12.9. The molecule has 0 aromatic carbocycles. The average molecular weight is 417 g/mol. The fraction of sp³-hybridized carbons (Fsp3) is 0.708. The molecule has 29 heavy (non-hydrogen) atoms. The molecule has 4 nitrogen and oxygen atoms in total. The molecule has 8 atom stereocenters. The summed E-state index contributed by atoms with van der Waals surface area (Å²) >= 11 is 6.78. The number of hydrogen-bond donors (Lipinski definition) is 0. The minimum atomic E-state index is -0.401. The van der Waals surface area contributed by atoms with Crippen LogP contribution in [0, 0.1) is 46.3 Å². The predicted molar refractivity (Wildman–Crippen MR) is 109 cm³/mol. The number of fused-ring (bicyclic) bond motifs is 7. The summed E-state index contributed by atoms with van der Waals surface area (Å²) in [6.45, 7) is 5.84. The molecule has 0 aliphatic heterocycles. The average Bonchev–Trinajstić information content (AvgIpc) is 3.40. The topological polar surface area (TPSA) is 60.4 Å². The lowest BCUT2D eigenvalue weighted by molar-refractivity contribution is -0.148. The third-order valence-electron chi connectivity index (χ3n) is 9.30. The molecule has 0 saturated heterocycles. The number of ketones is 2. The lowest BCUT2D eigenvalue weighted by atomic mass is 9.48. The van der Waals surface area contributed by atoms with E-state index in [9.17, 15) is 14.4 Å². The van der Waals surface area contributed by atoms with Gasteiger partial charge in [0.05, 0.1) is 0 Å². The molecule has 0 aromatic rings. The number of rotatable bonds is 3. The largest absolute Gasteiger partial charge is 0.458 e. The third-order valence-corrected chi connectivity index (χ3v) is 9.63. The maximum absolute atomic E-state index is 12.9. The fourth-order valence-electron chi connectivity index (χ4n) is 7.77. The van der Waals surface area contributed by atoms with E-state index in [1.165, 1.54) is 6.92 Å². The van der Waals surface area contributed by atoms with Gasteiger partial charge in [0, 0.05) is 29.2 Å². The number of hydrogen-bond acceptors (Lipinski definition) is 4. The highest BCUT2D eigenvalue weighted by Gasteiger charge is 2.66. The minimum Gasteiger partial charge on any atom is -0.458 e. The van der Waals surface area contributed by atoms with E-state index >= 15 is 0 Å². The van der Waals surface area contributed by atoms with E-state index in [2.05, 4.69) is 19.9 Å². The van der Waals surface area contributed by atoms with Crippen LogP contribution >= 0.6 is 11.6 Å². The number of ether oxygens (including phenoxy) is 1. The molecule has 156 valence electrons. The van der Waals surface area contributed by atoms with E-state index in [0.717, 1.165) is 42.7 Å². The first-order chi connectivity index (χ1) is 13.7. The summed E-state index contributed by atoms with van der Waals surface area (Å²) in [5, 5.41) is 0.756. The smallest absolute Gasteiger partial charge is 0.303 e. The Bertz CT molecular complexity index is 872. The van der Waals surface area contributed by atoms with Crippen molar-refractivity contribution in [3.63, 3.8) is 0 Å². The molecule has 3 saturated carbocycles. The van der Waals surface area contributed by atoms with Crippen molar-refractivity contribution in [3.8, 4) is 0 Å². The lowest BCUT2D eigenvalue weighted by Gasteiger charge is -2.56. The SMILES string of the molecule is CC(=O)OCC(=O)[C@H]1CC[C@H]2[C@@H]3C=C(Cl)C4=CC(=O)[C@@H]5CC5[C@]4(C)[C@H]3CC[C@]12C. The van der Waals surface area contributed by atoms with Crippen LogP contribution in [0.2, 0.25) is 0 Å². The lowest BCUT2D eigenvalue weighted by Crippen LogP contribution is -2.51. The molecule has 5 rings (SSSR count). The number of esters is 1. The second-order valence-electron chi connectivity index (χ2n) is 10.4. The summed E-state index contributed by atoms with van der Waals surface area (Å²) in [5.74, 6) is 1.74. The summed E-state index contributed by atoms with van der Waals surface area (Å²) < 4.78 is 5.02. The van der Waals surface area contributed by atoms with Crippen LogP contribution in [0.5, 0.6) is 0 Å². The van der Waals surface area contributed by atoms with Crippen LogP contribution in [0.25, 0.3) is 0 Å². The Morgan fingerprint density at radius 1 is 1.17 bits per heavy atom. The van der Waals surface area contributed by atoms with Crippen LogP contribution in [0.15, 0.2) is 22.8 Å². The van der Waals surface area contributed by atoms with Crippen LogP contribution in [0.1, 0.15) is 52.9 Å². The second kappa shape index (κ2) is 6.29. The van der Waals surface area contributed by atoms with Crippen LogP contribution < -0.4 is 0 Å². The summed E-state index contributed by atoms with van der Waals surface area (Å²) in [6.07, 6.45) is 8.97. The summed E-state index contributed by atoms with van der Waals surface area (Å²) in [6, 6.07) is 0. The van der Waals surface area contributed by atoms with Crippen molar-refractivity contribution in [2.75, 3.05) is 6.61 Å². The quantitative estimate of drug-likeness (QED) is 0.637. The Balaban J connectivity index is 1.47. The molecular weight excluding hydrogens is 388 g/mol. The van der Waals surface area contributed by atoms with Gasteiger partial charge in [0.15, 0.2) is 11.6 Å². The van der Waals surface area contributed by atoms with Crippen molar-refractivity contribution < 1.29 is 19.1 Å². The molecule has 5 aliphatic rings. The Morgan fingerprint density at radius 2 is 1.93 bits per heavy atom. The van der Waals surface area contributed by atoms with Gasteiger partial charge in [0.2, 0.25) is 0 Å².